The van der Waals surface area contributed by atoms with Crippen molar-refractivity contribution >= 4 is 22.2 Å². The predicted molar refractivity (Wildman–Crippen MR) is 195 cm³/mol. The Hall–Kier alpha value is -1.27. The molecule has 0 saturated heterocycles. The molecule has 2 N–H and O–H groups in total. The van der Waals surface area contributed by atoms with Crippen LogP contribution in [0.1, 0.15) is 155 Å². The molecule has 0 aromatic rings. The number of carbonyl (C=O) groups excluding carboxylic acids is 2. The molecule has 0 unspecified atom stereocenters. The van der Waals surface area contributed by atoms with Gasteiger partial charge in [-0.05, 0) is 12.8 Å². The van der Waals surface area contributed by atoms with Crippen LogP contribution in [0.2, 0.25) is 0 Å². The van der Waals surface area contributed by atoms with E-state index in [2.05, 4.69) is 66.8 Å². The van der Waals surface area contributed by atoms with E-state index in [4.69, 9.17) is 17.5 Å². The zero-order valence-electron chi connectivity index (χ0n) is 32.1. The molecule has 2 amide bonds. The molecule has 284 valence electrons. The van der Waals surface area contributed by atoms with Gasteiger partial charge in [0.2, 0.25) is 11.8 Å². The van der Waals surface area contributed by atoms with Crippen LogP contribution in [0.15, 0.2) is 0 Å². The van der Waals surface area contributed by atoms with E-state index in [0.29, 0.717) is 12.8 Å². The number of quaternary nitrogens is 2. The highest BCUT2D eigenvalue weighted by atomic mass is 32.3. The molecule has 0 spiro atoms. The lowest BCUT2D eigenvalue weighted by atomic mass is 10.1. The first kappa shape index (κ1) is 50.1. The normalized spacial score (nSPS) is 11.6. The minimum absolute atomic E-state index is 0.236. The topological polar surface area (TPSA) is 138 Å². The molecule has 10 nitrogen and oxygen atoms in total. The van der Waals surface area contributed by atoms with Gasteiger partial charge < -0.3 is 28.7 Å². The summed E-state index contributed by atoms with van der Waals surface area (Å²) < 4.78 is 36.0. The molecule has 0 aromatic heterocycles. The molecular formula is C36H78N4O6S. The summed E-state index contributed by atoms with van der Waals surface area (Å²) in [5.74, 6) is 0.471. The maximum absolute atomic E-state index is 11.7. The first-order valence-corrected chi connectivity index (χ1v) is 20.1. The Morgan fingerprint density at radius 3 is 0.936 bits per heavy atom. The lowest BCUT2D eigenvalue weighted by Crippen LogP contribution is -2.37. The van der Waals surface area contributed by atoms with Crippen molar-refractivity contribution in [2.45, 2.75) is 155 Å². The Balaban J connectivity index is -0.000000719. The van der Waals surface area contributed by atoms with E-state index in [9.17, 15) is 9.59 Å². The lowest BCUT2D eigenvalue weighted by molar-refractivity contribution is -0.870. The third-order valence-corrected chi connectivity index (χ3v) is 7.67. The molecule has 11 heteroatoms. The molecule has 0 heterocycles. The molecule has 47 heavy (non-hydrogen) atoms. The average Bonchev–Trinajstić information content (AvgIpc) is 2.94. The van der Waals surface area contributed by atoms with Crippen LogP contribution in [0.25, 0.3) is 0 Å². The lowest BCUT2D eigenvalue weighted by Gasteiger charge is -2.23. The largest absolute Gasteiger partial charge is 0.759 e. The van der Waals surface area contributed by atoms with Crippen LogP contribution in [-0.2, 0) is 20.0 Å². The minimum atomic E-state index is -5.17. The fraction of sp³-hybridized carbons (Fsp3) is 0.944. The SMILES string of the molecule is CCCCCCCCCCCC(=O)NCCC[N+](C)(C)C.CCCCCCCCCCCC(=O)NCCC[N+](C)(C)C.O=S(=O)([O-])[O-]. The quantitative estimate of drug-likeness (QED) is 0.0396. The molecule has 0 aromatic carbocycles. The second kappa shape index (κ2) is 33.2. The van der Waals surface area contributed by atoms with E-state index < -0.39 is 10.4 Å². The van der Waals surface area contributed by atoms with E-state index in [-0.39, 0.29) is 11.8 Å². The smallest absolute Gasteiger partial charge is 0.219 e. The summed E-state index contributed by atoms with van der Waals surface area (Å²) in [6.07, 6.45) is 27.1. The van der Waals surface area contributed by atoms with Crippen molar-refractivity contribution in [2.24, 2.45) is 0 Å². The van der Waals surface area contributed by atoms with Crippen LogP contribution >= 0.6 is 0 Å². The molecule has 0 aliphatic carbocycles. The van der Waals surface area contributed by atoms with Crippen molar-refractivity contribution in [1.29, 1.82) is 0 Å². The Labute approximate surface area is 292 Å². The molecular weight excluding hydrogens is 616 g/mol. The fourth-order valence-corrected chi connectivity index (χ4v) is 4.93. The van der Waals surface area contributed by atoms with Crippen molar-refractivity contribution in [2.75, 3.05) is 68.5 Å². The zero-order valence-corrected chi connectivity index (χ0v) is 33.0. The highest BCUT2D eigenvalue weighted by Gasteiger charge is 2.08. The van der Waals surface area contributed by atoms with E-state index in [1.807, 2.05) is 0 Å². The van der Waals surface area contributed by atoms with Crippen LogP contribution in [0.3, 0.4) is 0 Å². The number of hydrogen-bond donors (Lipinski definition) is 2. The molecule has 0 aliphatic rings. The summed E-state index contributed by atoms with van der Waals surface area (Å²) >= 11 is 0. The van der Waals surface area contributed by atoms with Gasteiger partial charge in [0.1, 0.15) is 0 Å². The average molecular weight is 695 g/mol. The standard InChI is InChI=1S/2C18H38N2O.H2O4S/c2*1-5-6-7-8-9-10-11-12-13-15-18(21)19-16-14-17-20(2,3)4;1-5(2,3)4/h2*5-17H2,1-4H3;(H2,1,2,3,4). The van der Waals surface area contributed by atoms with Crippen LogP contribution in [-0.4, -0.2) is 107 Å². The number of nitrogens with zero attached hydrogens (tertiary/aromatic N) is 2. The van der Waals surface area contributed by atoms with Gasteiger partial charge in [-0.2, -0.15) is 0 Å². The van der Waals surface area contributed by atoms with Crippen molar-refractivity contribution in [3.05, 3.63) is 0 Å². The highest BCUT2D eigenvalue weighted by molar-refractivity contribution is 7.79. The molecule has 0 bridgehead atoms. The van der Waals surface area contributed by atoms with Gasteiger partial charge in [-0.3, -0.25) is 18.0 Å². The molecule has 0 aliphatic heterocycles. The molecule has 0 atom stereocenters. The number of carbonyl (C=O) groups is 2. The van der Waals surface area contributed by atoms with Crippen LogP contribution in [0, 0.1) is 0 Å². The van der Waals surface area contributed by atoms with Gasteiger partial charge in [-0.1, -0.05) is 117 Å². The molecule has 0 fully saturated rings. The second-order valence-corrected chi connectivity index (χ2v) is 15.8. The maximum atomic E-state index is 11.7. The Kier molecular flexibility index (Phi) is 35.4. The Morgan fingerprint density at radius 1 is 0.468 bits per heavy atom. The van der Waals surface area contributed by atoms with Crippen molar-refractivity contribution in [1.82, 2.24) is 10.6 Å². The summed E-state index contributed by atoms with van der Waals surface area (Å²) in [6.45, 7) is 8.38. The number of hydrogen-bond acceptors (Lipinski definition) is 6. The van der Waals surface area contributed by atoms with Crippen LogP contribution in [0.4, 0.5) is 0 Å². The number of rotatable bonds is 28. The van der Waals surface area contributed by atoms with Crippen molar-refractivity contribution < 1.29 is 36.1 Å². The molecule has 0 saturated carbocycles. The summed E-state index contributed by atoms with van der Waals surface area (Å²) in [7, 11) is 7.94. The first-order chi connectivity index (χ1) is 21.9. The van der Waals surface area contributed by atoms with Gasteiger partial charge in [0.05, 0.1) is 55.4 Å². The number of nitrogens with one attached hydrogen (secondary N) is 2. The van der Waals surface area contributed by atoms with Crippen molar-refractivity contribution in [3.8, 4) is 0 Å². The maximum Gasteiger partial charge on any atom is 0.219 e. The van der Waals surface area contributed by atoms with E-state index >= 15 is 0 Å². The van der Waals surface area contributed by atoms with E-state index in [0.717, 1.165) is 60.8 Å². The highest BCUT2D eigenvalue weighted by Crippen LogP contribution is 2.11. The third kappa shape index (κ3) is 60.5. The Morgan fingerprint density at radius 2 is 0.702 bits per heavy atom. The monoisotopic (exact) mass is 695 g/mol. The Bertz CT molecular complexity index is 751. The number of amides is 2. The van der Waals surface area contributed by atoms with Crippen LogP contribution < -0.4 is 10.6 Å². The molecule has 0 rings (SSSR count). The second-order valence-electron chi connectivity index (χ2n) is 15.0. The van der Waals surface area contributed by atoms with Gasteiger partial charge in [-0.25, -0.2) is 0 Å². The third-order valence-electron chi connectivity index (χ3n) is 7.67. The summed E-state index contributed by atoms with van der Waals surface area (Å²) in [6, 6.07) is 0. The van der Waals surface area contributed by atoms with Gasteiger partial charge in [0, 0.05) is 49.2 Å². The van der Waals surface area contributed by atoms with Gasteiger partial charge >= 0.3 is 0 Å². The van der Waals surface area contributed by atoms with Crippen LogP contribution in [0.5, 0.6) is 0 Å². The van der Waals surface area contributed by atoms with Gasteiger partial charge in [0.25, 0.3) is 0 Å². The predicted octanol–water partition coefficient (Wildman–Crippen LogP) is 6.90. The molecule has 0 radical (unpaired) electrons. The summed E-state index contributed by atoms with van der Waals surface area (Å²) in [4.78, 5) is 23.3. The van der Waals surface area contributed by atoms with E-state index in [1.54, 1.807) is 0 Å². The zero-order chi connectivity index (χ0) is 36.5. The number of unbranched alkanes of at least 4 members (excludes halogenated alkanes) is 16. The van der Waals surface area contributed by atoms with E-state index in [1.165, 1.54) is 103 Å². The van der Waals surface area contributed by atoms with Gasteiger partial charge in [-0.15, -0.1) is 0 Å². The minimum Gasteiger partial charge on any atom is -0.759 e. The van der Waals surface area contributed by atoms with Gasteiger partial charge in [0.15, 0.2) is 0 Å². The fourth-order valence-electron chi connectivity index (χ4n) is 4.93. The summed E-state index contributed by atoms with van der Waals surface area (Å²) in [5.41, 5.74) is 0. The summed E-state index contributed by atoms with van der Waals surface area (Å²) in [5, 5.41) is 6.06. The van der Waals surface area contributed by atoms with Crippen molar-refractivity contribution in [3.63, 3.8) is 0 Å². The first-order valence-electron chi connectivity index (χ1n) is 18.7.